The van der Waals surface area contributed by atoms with Crippen molar-refractivity contribution < 1.29 is 4.52 Å². The maximum absolute atomic E-state index is 6.09. The third-order valence-electron chi connectivity index (χ3n) is 4.00. The molecule has 0 radical (unpaired) electrons. The molecule has 19 heavy (non-hydrogen) atoms. The quantitative estimate of drug-likeness (QED) is 0.887. The number of rotatable bonds is 5. The molecule has 0 saturated heterocycles. The molecule has 0 spiro atoms. The van der Waals surface area contributed by atoms with Crippen LogP contribution in [0.2, 0.25) is 0 Å². The average Bonchev–Trinajstić information content (AvgIpc) is 2.76. The van der Waals surface area contributed by atoms with Gasteiger partial charge in [0.05, 0.1) is 0 Å². The van der Waals surface area contributed by atoms with Crippen molar-refractivity contribution >= 4 is 0 Å². The summed E-state index contributed by atoms with van der Waals surface area (Å²) in [7, 11) is 0. The molecule has 1 heterocycles. The molecule has 0 amide bonds. The van der Waals surface area contributed by atoms with Crippen LogP contribution in [-0.4, -0.2) is 16.2 Å². The molecular weight excluding hydrogens is 238 g/mol. The zero-order valence-electron chi connectivity index (χ0n) is 12.4. The van der Waals surface area contributed by atoms with Crippen molar-refractivity contribution in [2.45, 2.75) is 71.3 Å². The number of nitrogens with two attached hydrogens (primary N) is 1. The van der Waals surface area contributed by atoms with Gasteiger partial charge in [-0.1, -0.05) is 38.8 Å². The summed E-state index contributed by atoms with van der Waals surface area (Å²) in [4.78, 5) is 4.56. The van der Waals surface area contributed by atoms with Gasteiger partial charge in [-0.25, -0.2) is 0 Å². The van der Waals surface area contributed by atoms with E-state index >= 15 is 0 Å². The third-order valence-corrected chi connectivity index (χ3v) is 4.00. The van der Waals surface area contributed by atoms with Crippen LogP contribution in [0.3, 0.4) is 0 Å². The summed E-state index contributed by atoms with van der Waals surface area (Å²) >= 11 is 0. The minimum absolute atomic E-state index is 0.124. The smallest absolute Gasteiger partial charge is 0.228 e. The average molecular weight is 265 g/mol. The number of nitrogens with zero attached hydrogens (tertiary/aromatic N) is 2. The molecule has 1 saturated carbocycles. The van der Waals surface area contributed by atoms with Gasteiger partial charge in [-0.15, -0.1) is 0 Å². The summed E-state index contributed by atoms with van der Waals surface area (Å²) in [5, 5.41) is 4.16. The summed E-state index contributed by atoms with van der Waals surface area (Å²) in [5.74, 6) is 3.49. The maximum Gasteiger partial charge on any atom is 0.228 e. The molecule has 0 aromatic carbocycles. The Morgan fingerprint density at radius 1 is 1.37 bits per heavy atom. The first-order chi connectivity index (χ1) is 9.04. The molecule has 1 fully saturated rings. The second-order valence-electron chi connectivity index (χ2n) is 6.61. The normalized spacial score (nSPS) is 25.7. The molecule has 2 rings (SSSR count). The molecule has 0 bridgehead atoms. The fourth-order valence-corrected chi connectivity index (χ4v) is 3.10. The molecule has 3 atom stereocenters. The number of aromatic nitrogens is 2. The Morgan fingerprint density at radius 3 is 2.84 bits per heavy atom. The molecule has 2 N–H and O–H groups in total. The topological polar surface area (TPSA) is 64.9 Å². The minimum atomic E-state index is 0.124. The van der Waals surface area contributed by atoms with Crippen LogP contribution in [0, 0.1) is 11.8 Å². The molecule has 0 aliphatic heterocycles. The standard InChI is InChI=1S/C15H27N3O/c1-10(2)7-13(16)9-14-17-15(18-19-14)12-6-4-5-11(3)8-12/h10-13H,4-9,16H2,1-3H3. The fraction of sp³-hybridized carbons (Fsp3) is 0.867. The monoisotopic (exact) mass is 265 g/mol. The van der Waals surface area contributed by atoms with Crippen LogP contribution in [-0.2, 0) is 6.42 Å². The highest BCUT2D eigenvalue weighted by atomic mass is 16.5. The van der Waals surface area contributed by atoms with Crippen molar-refractivity contribution in [3.63, 3.8) is 0 Å². The van der Waals surface area contributed by atoms with Gasteiger partial charge in [0.15, 0.2) is 5.82 Å². The van der Waals surface area contributed by atoms with E-state index in [2.05, 4.69) is 30.9 Å². The van der Waals surface area contributed by atoms with Gasteiger partial charge in [-0.05, 0) is 31.1 Å². The van der Waals surface area contributed by atoms with E-state index in [9.17, 15) is 0 Å². The van der Waals surface area contributed by atoms with Crippen molar-refractivity contribution in [3.8, 4) is 0 Å². The van der Waals surface area contributed by atoms with Gasteiger partial charge in [-0.2, -0.15) is 4.98 Å². The number of hydrogen-bond donors (Lipinski definition) is 1. The lowest BCUT2D eigenvalue weighted by molar-refractivity contribution is 0.317. The molecule has 1 aromatic rings. The molecule has 1 aliphatic rings. The highest BCUT2D eigenvalue weighted by Crippen LogP contribution is 2.34. The Bertz CT molecular complexity index is 388. The maximum atomic E-state index is 6.09. The van der Waals surface area contributed by atoms with Crippen molar-refractivity contribution in [1.29, 1.82) is 0 Å². The van der Waals surface area contributed by atoms with E-state index in [1.165, 1.54) is 25.7 Å². The lowest BCUT2D eigenvalue weighted by atomic mass is 9.82. The van der Waals surface area contributed by atoms with Crippen LogP contribution in [0.1, 0.15) is 70.5 Å². The van der Waals surface area contributed by atoms with Gasteiger partial charge in [0.25, 0.3) is 0 Å². The molecular formula is C15H27N3O. The van der Waals surface area contributed by atoms with Crippen molar-refractivity contribution in [2.24, 2.45) is 17.6 Å². The van der Waals surface area contributed by atoms with E-state index in [-0.39, 0.29) is 6.04 Å². The van der Waals surface area contributed by atoms with Gasteiger partial charge in [0.1, 0.15) is 0 Å². The predicted octanol–water partition coefficient (Wildman–Crippen LogP) is 3.28. The summed E-state index contributed by atoms with van der Waals surface area (Å²) in [5.41, 5.74) is 6.09. The van der Waals surface area contributed by atoms with Gasteiger partial charge >= 0.3 is 0 Å². The van der Waals surface area contributed by atoms with E-state index in [0.717, 1.165) is 18.2 Å². The molecule has 4 heteroatoms. The highest BCUT2D eigenvalue weighted by Gasteiger charge is 2.24. The van der Waals surface area contributed by atoms with Crippen LogP contribution in [0.5, 0.6) is 0 Å². The molecule has 4 nitrogen and oxygen atoms in total. The van der Waals surface area contributed by atoms with E-state index < -0.39 is 0 Å². The molecule has 108 valence electrons. The predicted molar refractivity (Wildman–Crippen MR) is 75.8 cm³/mol. The van der Waals surface area contributed by atoms with Crippen molar-refractivity contribution in [2.75, 3.05) is 0 Å². The lowest BCUT2D eigenvalue weighted by Gasteiger charge is -2.23. The Morgan fingerprint density at radius 2 is 2.16 bits per heavy atom. The van der Waals surface area contributed by atoms with E-state index in [4.69, 9.17) is 10.3 Å². The van der Waals surface area contributed by atoms with Gasteiger partial charge < -0.3 is 10.3 Å². The SMILES string of the molecule is CC(C)CC(N)Cc1nc(C2CCCC(C)C2)no1. The molecule has 1 aromatic heterocycles. The fourth-order valence-electron chi connectivity index (χ4n) is 3.10. The summed E-state index contributed by atoms with van der Waals surface area (Å²) in [6.07, 6.45) is 6.70. The van der Waals surface area contributed by atoms with Crippen LogP contribution in [0.15, 0.2) is 4.52 Å². The number of hydrogen-bond acceptors (Lipinski definition) is 4. The van der Waals surface area contributed by atoms with E-state index in [1.807, 2.05) is 0 Å². The van der Waals surface area contributed by atoms with E-state index in [1.54, 1.807) is 0 Å². The molecule has 1 aliphatic carbocycles. The first-order valence-corrected chi connectivity index (χ1v) is 7.62. The second kappa shape index (κ2) is 6.51. The Kier molecular flexibility index (Phi) is 4.97. The summed E-state index contributed by atoms with van der Waals surface area (Å²) < 4.78 is 5.36. The first kappa shape index (κ1) is 14.5. The lowest BCUT2D eigenvalue weighted by Crippen LogP contribution is -2.24. The van der Waals surface area contributed by atoms with Gasteiger partial charge in [0, 0.05) is 18.4 Å². The van der Waals surface area contributed by atoms with Crippen molar-refractivity contribution in [3.05, 3.63) is 11.7 Å². The summed E-state index contributed by atoms with van der Waals surface area (Å²) in [6.45, 7) is 6.68. The summed E-state index contributed by atoms with van der Waals surface area (Å²) in [6, 6.07) is 0.124. The zero-order valence-corrected chi connectivity index (χ0v) is 12.4. The Hall–Kier alpha value is -0.900. The highest BCUT2D eigenvalue weighted by molar-refractivity contribution is 4.98. The zero-order chi connectivity index (χ0) is 13.8. The first-order valence-electron chi connectivity index (χ1n) is 7.62. The van der Waals surface area contributed by atoms with Crippen LogP contribution < -0.4 is 5.73 Å². The minimum Gasteiger partial charge on any atom is -0.339 e. The van der Waals surface area contributed by atoms with Gasteiger partial charge in [-0.3, -0.25) is 0 Å². The third kappa shape index (κ3) is 4.30. The Labute approximate surface area is 116 Å². The van der Waals surface area contributed by atoms with Crippen LogP contribution >= 0.6 is 0 Å². The van der Waals surface area contributed by atoms with Crippen molar-refractivity contribution in [1.82, 2.24) is 10.1 Å². The Balaban J connectivity index is 1.91. The van der Waals surface area contributed by atoms with Crippen LogP contribution in [0.4, 0.5) is 0 Å². The molecule has 3 unspecified atom stereocenters. The second-order valence-corrected chi connectivity index (χ2v) is 6.61. The van der Waals surface area contributed by atoms with Crippen LogP contribution in [0.25, 0.3) is 0 Å². The van der Waals surface area contributed by atoms with E-state index in [0.29, 0.717) is 24.1 Å². The largest absolute Gasteiger partial charge is 0.339 e. The van der Waals surface area contributed by atoms with Gasteiger partial charge in [0.2, 0.25) is 5.89 Å².